The van der Waals surface area contributed by atoms with Crippen molar-refractivity contribution in [3.05, 3.63) is 15.8 Å². The first-order valence-electron chi connectivity index (χ1n) is 9.56. The molecule has 1 fully saturated rings. The number of nitrogens with zero attached hydrogens (tertiary/aromatic N) is 3. The minimum absolute atomic E-state index is 0.0962. The van der Waals surface area contributed by atoms with Crippen LogP contribution in [-0.4, -0.2) is 45.7 Å². The van der Waals surface area contributed by atoms with E-state index in [2.05, 4.69) is 10.4 Å². The van der Waals surface area contributed by atoms with E-state index in [1.54, 1.807) is 27.7 Å². The standard InChI is InChI=1S/C18H30N4O6/c1-12(19-17(23)28-18(3,4)5)9-11-27-16-15(22(24)25)13(2)20-21(16)14-8-6-7-10-26-14/h12,14H,6-11H2,1-5H3,(H,19,23). The van der Waals surface area contributed by atoms with Crippen LogP contribution in [0.3, 0.4) is 0 Å². The van der Waals surface area contributed by atoms with E-state index in [9.17, 15) is 14.9 Å². The average Bonchev–Trinajstić information content (AvgIpc) is 2.90. The maximum Gasteiger partial charge on any atom is 0.407 e. The quantitative estimate of drug-likeness (QED) is 0.552. The van der Waals surface area contributed by atoms with Crippen molar-refractivity contribution in [3.8, 4) is 5.88 Å². The molecule has 2 rings (SSSR count). The van der Waals surface area contributed by atoms with E-state index in [-0.39, 0.29) is 36.1 Å². The van der Waals surface area contributed by atoms with Crippen LogP contribution < -0.4 is 10.1 Å². The molecule has 28 heavy (non-hydrogen) atoms. The second-order valence-electron chi connectivity index (χ2n) is 7.95. The first-order valence-corrected chi connectivity index (χ1v) is 9.56. The number of carbonyl (C=O) groups excluding carboxylic acids is 1. The zero-order chi connectivity index (χ0) is 20.9. The van der Waals surface area contributed by atoms with E-state index in [0.717, 1.165) is 19.3 Å². The van der Waals surface area contributed by atoms with Crippen molar-refractivity contribution in [1.82, 2.24) is 15.1 Å². The van der Waals surface area contributed by atoms with Crippen molar-refractivity contribution in [2.24, 2.45) is 0 Å². The van der Waals surface area contributed by atoms with Gasteiger partial charge in [-0.2, -0.15) is 9.78 Å². The van der Waals surface area contributed by atoms with E-state index in [4.69, 9.17) is 14.2 Å². The Morgan fingerprint density at radius 3 is 2.75 bits per heavy atom. The number of nitro groups is 1. The first kappa shape index (κ1) is 21.9. The van der Waals surface area contributed by atoms with E-state index in [1.165, 1.54) is 4.68 Å². The summed E-state index contributed by atoms with van der Waals surface area (Å²) in [6.07, 6.45) is 2.23. The molecular weight excluding hydrogens is 368 g/mol. The Kier molecular flexibility index (Phi) is 7.22. The second kappa shape index (κ2) is 9.22. The highest BCUT2D eigenvalue weighted by molar-refractivity contribution is 5.68. The number of aryl methyl sites for hydroxylation is 1. The largest absolute Gasteiger partial charge is 0.473 e. The van der Waals surface area contributed by atoms with Gasteiger partial charge in [0.05, 0.1) is 11.5 Å². The Balaban J connectivity index is 2.00. The zero-order valence-electron chi connectivity index (χ0n) is 17.2. The number of ether oxygens (including phenoxy) is 3. The summed E-state index contributed by atoms with van der Waals surface area (Å²) in [6, 6.07) is -0.225. The van der Waals surface area contributed by atoms with E-state index < -0.39 is 16.6 Å². The maximum absolute atomic E-state index is 11.8. The first-order chi connectivity index (χ1) is 13.1. The van der Waals surface area contributed by atoms with Crippen molar-refractivity contribution >= 4 is 11.8 Å². The molecule has 10 nitrogen and oxygen atoms in total. The predicted octanol–water partition coefficient (Wildman–Crippen LogP) is 3.48. The van der Waals surface area contributed by atoms with Gasteiger partial charge in [0.15, 0.2) is 6.23 Å². The van der Waals surface area contributed by atoms with Gasteiger partial charge >= 0.3 is 11.8 Å². The summed E-state index contributed by atoms with van der Waals surface area (Å²) in [5, 5.41) is 18.5. The van der Waals surface area contributed by atoms with Crippen LogP contribution in [0.15, 0.2) is 0 Å². The number of alkyl carbamates (subject to hydrolysis) is 1. The SMILES string of the molecule is Cc1nn(C2CCCCO2)c(OCCC(C)NC(=O)OC(C)(C)C)c1[N+](=O)[O-]. The second-order valence-corrected chi connectivity index (χ2v) is 7.95. The molecule has 2 heterocycles. The maximum atomic E-state index is 11.8. The molecule has 1 aliphatic rings. The molecule has 158 valence electrons. The number of rotatable bonds is 7. The molecule has 1 N–H and O–H groups in total. The van der Waals surface area contributed by atoms with Crippen molar-refractivity contribution in [2.75, 3.05) is 13.2 Å². The van der Waals surface area contributed by atoms with Gasteiger partial charge in [-0.1, -0.05) is 0 Å². The average molecular weight is 398 g/mol. The molecule has 0 radical (unpaired) electrons. The molecule has 1 aromatic heterocycles. The van der Waals surface area contributed by atoms with Gasteiger partial charge in [0.25, 0.3) is 5.88 Å². The fraction of sp³-hybridized carbons (Fsp3) is 0.778. The van der Waals surface area contributed by atoms with E-state index >= 15 is 0 Å². The summed E-state index contributed by atoms with van der Waals surface area (Å²) >= 11 is 0. The van der Waals surface area contributed by atoms with Crippen molar-refractivity contribution in [1.29, 1.82) is 0 Å². The van der Waals surface area contributed by atoms with Crippen LogP contribution in [-0.2, 0) is 9.47 Å². The monoisotopic (exact) mass is 398 g/mol. The molecule has 0 bridgehead atoms. The van der Waals surface area contributed by atoms with Gasteiger partial charge in [0, 0.05) is 19.1 Å². The number of amides is 1. The summed E-state index contributed by atoms with van der Waals surface area (Å²) in [6.45, 7) is 9.53. The summed E-state index contributed by atoms with van der Waals surface area (Å²) in [5.41, 5.74) is -0.443. The zero-order valence-corrected chi connectivity index (χ0v) is 17.2. The Morgan fingerprint density at radius 2 is 2.18 bits per heavy atom. The summed E-state index contributed by atoms with van der Waals surface area (Å²) in [7, 11) is 0. The van der Waals surface area contributed by atoms with Gasteiger partial charge in [-0.25, -0.2) is 4.79 Å². The van der Waals surface area contributed by atoms with E-state index in [0.29, 0.717) is 13.0 Å². The third-order valence-electron chi connectivity index (χ3n) is 4.17. The molecule has 1 aliphatic heterocycles. The van der Waals surface area contributed by atoms with Crippen LogP contribution in [0.1, 0.15) is 65.3 Å². The third kappa shape index (κ3) is 6.08. The van der Waals surface area contributed by atoms with Crippen LogP contribution in [0.2, 0.25) is 0 Å². The van der Waals surface area contributed by atoms with Gasteiger partial charge in [-0.05, 0) is 53.9 Å². The number of nitrogens with one attached hydrogen (secondary N) is 1. The number of hydrogen-bond donors (Lipinski definition) is 1. The van der Waals surface area contributed by atoms with Gasteiger partial charge in [0.2, 0.25) is 0 Å². The fourth-order valence-electron chi connectivity index (χ4n) is 2.89. The highest BCUT2D eigenvalue weighted by Gasteiger charge is 2.31. The predicted molar refractivity (Wildman–Crippen MR) is 101 cm³/mol. The molecule has 0 spiro atoms. The Labute approximate surface area is 164 Å². The minimum Gasteiger partial charge on any atom is -0.473 e. The van der Waals surface area contributed by atoms with Crippen molar-refractivity contribution < 1.29 is 23.9 Å². The molecule has 0 saturated carbocycles. The highest BCUT2D eigenvalue weighted by atomic mass is 16.6. The van der Waals surface area contributed by atoms with Crippen LogP contribution in [0.5, 0.6) is 5.88 Å². The van der Waals surface area contributed by atoms with Crippen LogP contribution in [0.25, 0.3) is 0 Å². The molecule has 1 amide bonds. The number of carbonyl (C=O) groups is 1. The topological polar surface area (TPSA) is 118 Å². The van der Waals surface area contributed by atoms with Gasteiger partial charge in [-0.3, -0.25) is 10.1 Å². The Hall–Kier alpha value is -2.36. The lowest BCUT2D eigenvalue weighted by Gasteiger charge is -2.24. The summed E-state index contributed by atoms with van der Waals surface area (Å²) in [5.74, 6) is 0.0962. The lowest BCUT2D eigenvalue weighted by atomic mass is 10.2. The van der Waals surface area contributed by atoms with Gasteiger partial charge in [0.1, 0.15) is 11.3 Å². The summed E-state index contributed by atoms with van der Waals surface area (Å²) < 4.78 is 18.1. The number of hydrogen-bond acceptors (Lipinski definition) is 7. The molecule has 2 unspecified atom stereocenters. The Bertz CT molecular complexity index is 691. The lowest BCUT2D eigenvalue weighted by Crippen LogP contribution is -2.38. The normalized spacial score (nSPS) is 18.4. The van der Waals surface area contributed by atoms with Crippen LogP contribution in [0, 0.1) is 17.0 Å². The highest BCUT2D eigenvalue weighted by Crippen LogP contribution is 2.36. The lowest BCUT2D eigenvalue weighted by molar-refractivity contribution is -0.386. The molecule has 0 aliphatic carbocycles. The molecule has 2 atom stereocenters. The van der Waals surface area contributed by atoms with Crippen molar-refractivity contribution in [3.63, 3.8) is 0 Å². The van der Waals surface area contributed by atoms with Gasteiger partial charge in [-0.15, -0.1) is 0 Å². The van der Waals surface area contributed by atoms with Crippen molar-refractivity contribution in [2.45, 2.75) is 78.2 Å². The molecule has 1 aromatic rings. The third-order valence-corrected chi connectivity index (χ3v) is 4.17. The van der Waals surface area contributed by atoms with Gasteiger partial charge < -0.3 is 19.5 Å². The summed E-state index contributed by atoms with van der Waals surface area (Å²) in [4.78, 5) is 22.8. The molecule has 0 aromatic carbocycles. The smallest absolute Gasteiger partial charge is 0.407 e. The number of aromatic nitrogens is 2. The molecular formula is C18H30N4O6. The Morgan fingerprint density at radius 1 is 1.46 bits per heavy atom. The fourth-order valence-corrected chi connectivity index (χ4v) is 2.89. The minimum atomic E-state index is -0.578. The molecule has 1 saturated heterocycles. The van der Waals surface area contributed by atoms with Crippen LogP contribution >= 0.6 is 0 Å². The molecule has 10 heteroatoms. The van der Waals surface area contributed by atoms with Crippen LogP contribution in [0.4, 0.5) is 10.5 Å². The van der Waals surface area contributed by atoms with E-state index in [1.807, 2.05) is 6.92 Å².